The topological polar surface area (TPSA) is 51.7 Å². The molecule has 0 bridgehead atoms. The molecule has 2 aliphatic rings. The number of carbonyl (C=O) groups is 1. The molecule has 0 N–H and O–H groups in total. The Morgan fingerprint density at radius 1 is 1.03 bits per heavy atom. The van der Waals surface area contributed by atoms with Gasteiger partial charge >= 0.3 is 6.09 Å². The van der Waals surface area contributed by atoms with E-state index in [1.54, 1.807) is 0 Å². The summed E-state index contributed by atoms with van der Waals surface area (Å²) in [7, 11) is 0. The predicted molar refractivity (Wildman–Crippen MR) is 121 cm³/mol. The first-order valence-electron chi connectivity index (χ1n) is 10.9. The van der Waals surface area contributed by atoms with Gasteiger partial charge in [-0.1, -0.05) is 24.3 Å². The van der Waals surface area contributed by atoms with Crippen LogP contribution in [-0.2, 0) is 4.74 Å². The van der Waals surface area contributed by atoms with E-state index in [0.29, 0.717) is 24.4 Å². The number of ether oxygens (including phenoxy) is 2. The molecule has 1 saturated carbocycles. The molecular weight excluding hydrogens is 388 g/mol. The smallest absolute Gasteiger partial charge is 0.410 e. The monoisotopic (exact) mass is 416 g/mol. The summed E-state index contributed by atoms with van der Waals surface area (Å²) in [5.74, 6) is 2.50. The van der Waals surface area contributed by atoms with E-state index in [4.69, 9.17) is 9.47 Å². The number of benzene rings is 2. The third kappa shape index (κ3) is 4.22. The molecule has 1 amide bonds. The lowest BCUT2D eigenvalue weighted by Crippen LogP contribution is -2.37. The van der Waals surface area contributed by atoms with Gasteiger partial charge in [0.1, 0.15) is 11.4 Å². The standard InChI is InChI=1S/C26H28N2O3/c1-26(2,3)31-25(29)28-14-21-22(15-28)23(21)16-30-20-9-6-17(7-10-20)18-8-11-24-19(13-18)5-4-12-27-24/h4-13,21-23H,14-16H2,1-3H3/t21-,22+,23?. The van der Waals surface area contributed by atoms with Crippen molar-refractivity contribution in [1.29, 1.82) is 0 Å². The molecule has 160 valence electrons. The van der Waals surface area contributed by atoms with Crippen molar-refractivity contribution in [3.8, 4) is 16.9 Å². The lowest BCUT2D eigenvalue weighted by Gasteiger charge is -2.25. The van der Waals surface area contributed by atoms with Crippen LogP contribution in [0.3, 0.4) is 0 Å². The van der Waals surface area contributed by atoms with Gasteiger partial charge in [-0.25, -0.2) is 4.79 Å². The molecular formula is C26H28N2O3. The van der Waals surface area contributed by atoms with E-state index >= 15 is 0 Å². The minimum atomic E-state index is -0.442. The molecule has 5 heteroatoms. The normalized spacial score (nSPS) is 22.3. The van der Waals surface area contributed by atoms with Crippen molar-refractivity contribution in [2.45, 2.75) is 26.4 Å². The van der Waals surface area contributed by atoms with Gasteiger partial charge in [0, 0.05) is 30.6 Å². The van der Waals surface area contributed by atoms with Crippen molar-refractivity contribution in [2.75, 3.05) is 19.7 Å². The van der Waals surface area contributed by atoms with Crippen LogP contribution in [0.2, 0.25) is 0 Å². The molecule has 0 spiro atoms. The van der Waals surface area contributed by atoms with Gasteiger partial charge < -0.3 is 14.4 Å². The molecule has 1 unspecified atom stereocenters. The number of piperidine rings is 1. The summed E-state index contributed by atoms with van der Waals surface area (Å²) in [6, 6.07) is 18.6. The lowest BCUT2D eigenvalue weighted by molar-refractivity contribution is 0.0261. The third-order valence-corrected chi connectivity index (χ3v) is 6.26. The number of likely N-dealkylation sites (tertiary alicyclic amines) is 1. The van der Waals surface area contributed by atoms with E-state index in [9.17, 15) is 4.79 Å². The Bertz CT molecular complexity index is 1090. The lowest BCUT2D eigenvalue weighted by atomic mass is 10.0. The Morgan fingerprint density at radius 2 is 1.74 bits per heavy atom. The van der Waals surface area contributed by atoms with E-state index in [-0.39, 0.29) is 6.09 Å². The zero-order valence-electron chi connectivity index (χ0n) is 18.2. The van der Waals surface area contributed by atoms with Gasteiger partial charge in [-0.2, -0.15) is 0 Å². The number of rotatable bonds is 4. The number of pyridine rings is 1. The summed E-state index contributed by atoms with van der Waals surface area (Å²) < 4.78 is 11.5. The fourth-order valence-corrected chi connectivity index (χ4v) is 4.56. The van der Waals surface area contributed by atoms with Crippen LogP contribution in [0.15, 0.2) is 60.8 Å². The molecule has 0 radical (unpaired) electrons. The van der Waals surface area contributed by atoms with Gasteiger partial charge in [0.15, 0.2) is 0 Å². The molecule has 1 aliphatic heterocycles. The molecule has 5 nitrogen and oxygen atoms in total. The predicted octanol–water partition coefficient (Wildman–Crippen LogP) is 5.39. The van der Waals surface area contributed by atoms with Gasteiger partial charge in [-0.05, 0) is 74.1 Å². The highest BCUT2D eigenvalue weighted by molar-refractivity contribution is 5.84. The van der Waals surface area contributed by atoms with Gasteiger partial charge in [-0.3, -0.25) is 4.98 Å². The van der Waals surface area contributed by atoms with Gasteiger partial charge in [0.2, 0.25) is 0 Å². The maximum atomic E-state index is 12.2. The van der Waals surface area contributed by atoms with Crippen LogP contribution >= 0.6 is 0 Å². The number of carbonyl (C=O) groups excluding carboxylic acids is 1. The second-order valence-corrected chi connectivity index (χ2v) is 9.62. The average molecular weight is 417 g/mol. The largest absolute Gasteiger partial charge is 0.493 e. The Balaban J connectivity index is 1.14. The zero-order valence-corrected chi connectivity index (χ0v) is 18.2. The molecule has 31 heavy (non-hydrogen) atoms. The third-order valence-electron chi connectivity index (χ3n) is 6.26. The van der Waals surface area contributed by atoms with Crippen LogP contribution in [0, 0.1) is 17.8 Å². The number of hydrogen-bond donors (Lipinski definition) is 0. The second kappa shape index (κ2) is 7.56. The molecule has 5 rings (SSSR count). The van der Waals surface area contributed by atoms with Crippen molar-refractivity contribution in [3.05, 3.63) is 60.8 Å². The highest BCUT2D eigenvalue weighted by Crippen LogP contribution is 2.52. The van der Waals surface area contributed by atoms with E-state index in [2.05, 4.69) is 41.4 Å². The molecule has 3 atom stereocenters. The fourth-order valence-electron chi connectivity index (χ4n) is 4.56. The SMILES string of the molecule is CC(C)(C)OC(=O)N1C[C@@H]2C(COc3ccc(-c4ccc5ncccc5c4)cc3)[C@@H]2C1. The first-order valence-corrected chi connectivity index (χ1v) is 10.9. The van der Waals surface area contributed by atoms with Gasteiger partial charge in [0.05, 0.1) is 12.1 Å². The number of nitrogens with zero attached hydrogens (tertiary/aromatic N) is 2. The van der Waals surface area contributed by atoms with Crippen LogP contribution in [-0.4, -0.2) is 41.3 Å². The minimum absolute atomic E-state index is 0.195. The van der Waals surface area contributed by atoms with Crippen LogP contribution < -0.4 is 4.74 Å². The van der Waals surface area contributed by atoms with Crippen molar-refractivity contribution < 1.29 is 14.3 Å². The Hall–Kier alpha value is -3.08. The van der Waals surface area contributed by atoms with Crippen molar-refractivity contribution in [3.63, 3.8) is 0 Å². The van der Waals surface area contributed by atoms with Crippen molar-refractivity contribution in [2.24, 2.45) is 17.8 Å². The zero-order chi connectivity index (χ0) is 21.6. The minimum Gasteiger partial charge on any atom is -0.493 e. The first kappa shape index (κ1) is 19.9. The van der Waals surface area contributed by atoms with Gasteiger partial charge in [0.25, 0.3) is 0 Å². The molecule has 2 heterocycles. The molecule has 2 fully saturated rings. The second-order valence-electron chi connectivity index (χ2n) is 9.62. The first-order chi connectivity index (χ1) is 14.9. The molecule has 3 aromatic rings. The Labute approximate surface area is 183 Å². The molecule has 1 aromatic heterocycles. The van der Waals surface area contributed by atoms with E-state index in [1.165, 1.54) is 5.56 Å². The highest BCUT2D eigenvalue weighted by atomic mass is 16.6. The summed E-state index contributed by atoms with van der Waals surface area (Å²) in [6.45, 7) is 7.98. The Morgan fingerprint density at radius 3 is 2.45 bits per heavy atom. The summed E-state index contributed by atoms with van der Waals surface area (Å²) in [6.07, 6.45) is 1.62. The molecule has 2 aromatic carbocycles. The quantitative estimate of drug-likeness (QED) is 0.572. The average Bonchev–Trinajstić information content (AvgIpc) is 3.19. The van der Waals surface area contributed by atoms with Crippen LogP contribution in [0.1, 0.15) is 20.8 Å². The number of aromatic nitrogens is 1. The van der Waals surface area contributed by atoms with Gasteiger partial charge in [-0.15, -0.1) is 0 Å². The summed E-state index contributed by atoms with van der Waals surface area (Å²) in [4.78, 5) is 18.4. The summed E-state index contributed by atoms with van der Waals surface area (Å²) in [5, 5.41) is 1.14. The van der Waals surface area contributed by atoms with E-state index < -0.39 is 5.60 Å². The number of fused-ring (bicyclic) bond motifs is 2. The Kier molecular flexibility index (Phi) is 4.84. The maximum absolute atomic E-state index is 12.2. The summed E-state index contributed by atoms with van der Waals surface area (Å²) >= 11 is 0. The molecule has 1 saturated heterocycles. The highest BCUT2D eigenvalue weighted by Gasteiger charge is 2.57. The van der Waals surface area contributed by atoms with Crippen molar-refractivity contribution >= 4 is 17.0 Å². The van der Waals surface area contributed by atoms with Crippen molar-refractivity contribution in [1.82, 2.24) is 9.88 Å². The van der Waals surface area contributed by atoms with E-state index in [0.717, 1.165) is 35.3 Å². The van der Waals surface area contributed by atoms with E-state index in [1.807, 2.05) is 50.1 Å². The molecule has 1 aliphatic carbocycles. The summed E-state index contributed by atoms with van der Waals surface area (Å²) in [5.41, 5.74) is 2.90. The van der Waals surface area contributed by atoms with Crippen LogP contribution in [0.5, 0.6) is 5.75 Å². The maximum Gasteiger partial charge on any atom is 0.410 e. The van der Waals surface area contributed by atoms with Crippen LogP contribution in [0.25, 0.3) is 22.0 Å². The number of amides is 1. The number of hydrogen-bond acceptors (Lipinski definition) is 4. The fraction of sp³-hybridized carbons (Fsp3) is 0.385. The van der Waals surface area contributed by atoms with Crippen LogP contribution in [0.4, 0.5) is 4.79 Å².